The molecule has 1 unspecified atom stereocenters. The molecule has 0 saturated carbocycles. The molecule has 3 N–H and O–H groups in total. The van der Waals surface area contributed by atoms with Crippen LogP contribution in [0.1, 0.15) is 20.3 Å². The maximum absolute atomic E-state index is 11.2. The molecule has 0 bridgehead atoms. The SMILES string of the molecule is CCCNC(=O)C(C)N/C=C/C(=O)O. The van der Waals surface area contributed by atoms with Gasteiger partial charge < -0.3 is 15.7 Å². The number of hydrogen-bond donors (Lipinski definition) is 3. The Kier molecular flexibility index (Phi) is 6.19. The van der Waals surface area contributed by atoms with Crippen molar-refractivity contribution in [3.05, 3.63) is 12.3 Å². The molecule has 0 fully saturated rings. The lowest BCUT2D eigenvalue weighted by Gasteiger charge is -2.11. The fourth-order valence-electron chi connectivity index (χ4n) is 0.741. The summed E-state index contributed by atoms with van der Waals surface area (Å²) >= 11 is 0. The van der Waals surface area contributed by atoms with E-state index in [0.29, 0.717) is 6.54 Å². The van der Waals surface area contributed by atoms with E-state index >= 15 is 0 Å². The Morgan fingerprint density at radius 1 is 1.50 bits per heavy atom. The summed E-state index contributed by atoms with van der Waals surface area (Å²) in [6.07, 6.45) is 3.07. The molecule has 5 heteroatoms. The first-order chi connectivity index (χ1) is 6.57. The van der Waals surface area contributed by atoms with Crippen LogP contribution in [0.2, 0.25) is 0 Å². The summed E-state index contributed by atoms with van der Waals surface area (Å²) in [6.45, 7) is 4.26. The van der Waals surface area contributed by atoms with Gasteiger partial charge in [-0.2, -0.15) is 0 Å². The van der Waals surface area contributed by atoms with Crippen molar-refractivity contribution < 1.29 is 14.7 Å². The van der Waals surface area contributed by atoms with E-state index in [1.54, 1.807) is 6.92 Å². The van der Waals surface area contributed by atoms with Crippen LogP contribution in [-0.4, -0.2) is 29.6 Å². The number of amides is 1. The van der Waals surface area contributed by atoms with Gasteiger partial charge in [0.25, 0.3) is 0 Å². The summed E-state index contributed by atoms with van der Waals surface area (Å²) in [5.41, 5.74) is 0. The van der Waals surface area contributed by atoms with Gasteiger partial charge in [-0.25, -0.2) is 4.79 Å². The monoisotopic (exact) mass is 200 g/mol. The Hall–Kier alpha value is -1.52. The number of aliphatic carboxylic acids is 1. The second kappa shape index (κ2) is 6.94. The molecule has 80 valence electrons. The van der Waals surface area contributed by atoms with Crippen molar-refractivity contribution in [2.75, 3.05) is 6.54 Å². The van der Waals surface area contributed by atoms with Gasteiger partial charge in [-0.05, 0) is 13.3 Å². The zero-order chi connectivity index (χ0) is 11.0. The minimum absolute atomic E-state index is 0.137. The van der Waals surface area contributed by atoms with Crippen LogP contribution in [0.5, 0.6) is 0 Å². The maximum atomic E-state index is 11.2. The standard InChI is InChI=1S/C9H16N2O3/c1-3-5-11-9(14)7(2)10-6-4-8(12)13/h4,6-7,10H,3,5H2,1-2H3,(H,11,14)(H,12,13)/b6-4+. The lowest BCUT2D eigenvalue weighted by molar-refractivity contribution is -0.131. The molecule has 0 aliphatic carbocycles. The van der Waals surface area contributed by atoms with E-state index in [1.165, 1.54) is 6.20 Å². The second-order valence-corrected chi connectivity index (χ2v) is 2.85. The first-order valence-electron chi connectivity index (χ1n) is 4.51. The first kappa shape index (κ1) is 12.5. The highest BCUT2D eigenvalue weighted by Crippen LogP contribution is 1.83. The number of carboxylic acid groups (broad SMARTS) is 1. The smallest absolute Gasteiger partial charge is 0.329 e. The predicted molar refractivity (Wildman–Crippen MR) is 52.7 cm³/mol. The zero-order valence-electron chi connectivity index (χ0n) is 8.41. The number of hydrogen-bond acceptors (Lipinski definition) is 3. The minimum Gasteiger partial charge on any atom is -0.478 e. The Morgan fingerprint density at radius 2 is 2.14 bits per heavy atom. The quantitative estimate of drug-likeness (QED) is 0.531. The van der Waals surface area contributed by atoms with Crippen molar-refractivity contribution in [2.45, 2.75) is 26.3 Å². The van der Waals surface area contributed by atoms with Gasteiger partial charge in [0.15, 0.2) is 0 Å². The van der Waals surface area contributed by atoms with Gasteiger partial charge in [-0.15, -0.1) is 0 Å². The molecule has 0 saturated heterocycles. The molecule has 0 spiro atoms. The molecule has 0 aromatic carbocycles. The number of rotatable bonds is 6. The van der Waals surface area contributed by atoms with Gasteiger partial charge in [-0.3, -0.25) is 4.79 Å². The first-order valence-corrected chi connectivity index (χ1v) is 4.51. The molecule has 0 aromatic rings. The third-order valence-corrected chi connectivity index (χ3v) is 1.51. The van der Waals surface area contributed by atoms with Gasteiger partial charge in [0.05, 0.1) is 0 Å². The van der Waals surface area contributed by atoms with Crippen LogP contribution in [0.4, 0.5) is 0 Å². The van der Waals surface area contributed by atoms with E-state index in [-0.39, 0.29) is 5.91 Å². The van der Waals surface area contributed by atoms with E-state index in [2.05, 4.69) is 10.6 Å². The number of carbonyl (C=O) groups is 2. The highest BCUT2D eigenvalue weighted by atomic mass is 16.4. The second-order valence-electron chi connectivity index (χ2n) is 2.85. The maximum Gasteiger partial charge on any atom is 0.329 e. The predicted octanol–water partition coefficient (Wildman–Crippen LogP) is 0.0890. The minimum atomic E-state index is -1.04. The van der Waals surface area contributed by atoms with Crippen LogP contribution >= 0.6 is 0 Å². The van der Waals surface area contributed by atoms with Crippen LogP contribution in [0.3, 0.4) is 0 Å². The lowest BCUT2D eigenvalue weighted by Crippen LogP contribution is -2.40. The Labute approximate surface area is 83.2 Å². The molecule has 14 heavy (non-hydrogen) atoms. The van der Waals surface area contributed by atoms with Gasteiger partial charge >= 0.3 is 5.97 Å². The number of carbonyl (C=O) groups excluding carboxylic acids is 1. The molecule has 0 aliphatic rings. The van der Waals surface area contributed by atoms with E-state index < -0.39 is 12.0 Å². The van der Waals surface area contributed by atoms with Crippen molar-refractivity contribution in [2.24, 2.45) is 0 Å². The van der Waals surface area contributed by atoms with Crippen LogP contribution < -0.4 is 10.6 Å². The van der Waals surface area contributed by atoms with Crippen molar-refractivity contribution >= 4 is 11.9 Å². The largest absolute Gasteiger partial charge is 0.478 e. The Morgan fingerprint density at radius 3 is 2.64 bits per heavy atom. The average Bonchev–Trinajstić information content (AvgIpc) is 2.13. The summed E-state index contributed by atoms with van der Waals surface area (Å²) in [7, 11) is 0. The molecular weight excluding hydrogens is 184 g/mol. The fourth-order valence-corrected chi connectivity index (χ4v) is 0.741. The summed E-state index contributed by atoms with van der Waals surface area (Å²) in [4.78, 5) is 21.3. The van der Waals surface area contributed by atoms with E-state index in [9.17, 15) is 9.59 Å². The van der Waals surface area contributed by atoms with Gasteiger partial charge in [0, 0.05) is 18.8 Å². The molecule has 1 atom stereocenters. The van der Waals surface area contributed by atoms with Crippen LogP contribution in [-0.2, 0) is 9.59 Å². The molecule has 0 aromatic heterocycles. The summed E-state index contributed by atoms with van der Waals surface area (Å²) < 4.78 is 0. The number of nitrogens with one attached hydrogen (secondary N) is 2. The van der Waals surface area contributed by atoms with Crippen molar-refractivity contribution in [1.82, 2.24) is 10.6 Å². The third kappa shape index (κ3) is 6.05. The molecule has 1 amide bonds. The average molecular weight is 200 g/mol. The van der Waals surface area contributed by atoms with E-state index in [4.69, 9.17) is 5.11 Å². The number of carboxylic acids is 1. The Bertz CT molecular complexity index is 226. The highest BCUT2D eigenvalue weighted by Gasteiger charge is 2.08. The van der Waals surface area contributed by atoms with E-state index in [1.807, 2.05) is 6.92 Å². The third-order valence-electron chi connectivity index (χ3n) is 1.51. The highest BCUT2D eigenvalue weighted by molar-refractivity contribution is 5.82. The molecule has 0 rings (SSSR count). The molecule has 0 radical (unpaired) electrons. The summed E-state index contributed by atoms with van der Waals surface area (Å²) in [5, 5.41) is 13.6. The van der Waals surface area contributed by atoms with Gasteiger partial charge in [0.1, 0.15) is 6.04 Å². The van der Waals surface area contributed by atoms with Crippen LogP contribution in [0.15, 0.2) is 12.3 Å². The lowest BCUT2D eigenvalue weighted by atomic mass is 10.3. The van der Waals surface area contributed by atoms with Gasteiger partial charge in [0.2, 0.25) is 5.91 Å². The van der Waals surface area contributed by atoms with Crippen molar-refractivity contribution in [1.29, 1.82) is 0 Å². The normalized spacial score (nSPS) is 12.4. The van der Waals surface area contributed by atoms with Crippen molar-refractivity contribution in [3.63, 3.8) is 0 Å². The van der Waals surface area contributed by atoms with Crippen LogP contribution in [0.25, 0.3) is 0 Å². The van der Waals surface area contributed by atoms with E-state index in [0.717, 1.165) is 12.5 Å². The summed E-state index contributed by atoms with van der Waals surface area (Å²) in [5.74, 6) is -1.18. The fraction of sp³-hybridized carbons (Fsp3) is 0.556. The topological polar surface area (TPSA) is 78.4 Å². The zero-order valence-corrected chi connectivity index (χ0v) is 8.41. The molecule has 0 aliphatic heterocycles. The molecular formula is C9H16N2O3. The Balaban J connectivity index is 3.77. The molecule has 5 nitrogen and oxygen atoms in total. The summed E-state index contributed by atoms with van der Waals surface area (Å²) in [6, 6.07) is -0.419. The van der Waals surface area contributed by atoms with Crippen LogP contribution in [0, 0.1) is 0 Å². The van der Waals surface area contributed by atoms with Crippen molar-refractivity contribution in [3.8, 4) is 0 Å². The molecule has 0 heterocycles. The van der Waals surface area contributed by atoms with Gasteiger partial charge in [-0.1, -0.05) is 6.92 Å².